The molecule has 3 heteroatoms. The number of aliphatic hydroxyl groups excluding tert-OH is 1. The average Bonchev–Trinajstić information content (AvgIpc) is 2.45. The molecule has 3 nitrogen and oxygen atoms in total. The molecular weight excluding hydrogens is 176 g/mol. The molecule has 82 valence electrons. The summed E-state index contributed by atoms with van der Waals surface area (Å²) in [5.41, 5.74) is 0. The van der Waals surface area contributed by atoms with Gasteiger partial charge in [0.25, 0.3) is 0 Å². The third-order valence-corrected chi connectivity index (χ3v) is 3.47. The Kier molecular flexibility index (Phi) is 3.42. The predicted octanol–water partition coefficient (Wildman–Crippen LogP) is 0.630. The Morgan fingerprint density at radius 3 is 2.57 bits per heavy atom. The Labute approximate surface area is 86.3 Å². The smallest absolute Gasteiger partial charge is 0.0524 e. The van der Waals surface area contributed by atoms with Crippen molar-refractivity contribution in [2.24, 2.45) is 0 Å². The lowest BCUT2D eigenvalue weighted by atomic mass is 10.00. The van der Waals surface area contributed by atoms with Crippen molar-refractivity contribution in [2.75, 3.05) is 6.54 Å². The SMILES string of the molecule is CC(O)CCNC1CC2CCC(C1)N2. The van der Waals surface area contributed by atoms with E-state index in [0.717, 1.165) is 25.0 Å². The van der Waals surface area contributed by atoms with Gasteiger partial charge in [0.05, 0.1) is 6.10 Å². The van der Waals surface area contributed by atoms with Crippen molar-refractivity contribution < 1.29 is 5.11 Å². The lowest BCUT2D eigenvalue weighted by molar-refractivity contribution is 0.180. The molecule has 2 rings (SSSR count). The van der Waals surface area contributed by atoms with E-state index in [1.807, 2.05) is 6.92 Å². The first-order valence-electron chi connectivity index (χ1n) is 5.91. The zero-order valence-electron chi connectivity index (χ0n) is 9.00. The number of rotatable bonds is 4. The molecule has 0 aromatic heterocycles. The van der Waals surface area contributed by atoms with E-state index < -0.39 is 0 Å². The van der Waals surface area contributed by atoms with Crippen molar-refractivity contribution in [2.45, 2.75) is 63.3 Å². The summed E-state index contributed by atoms with van der Waals surface area (Å²) in [5, 5.41) is 16.3. The maximum absolute atomic E-state index is 9.15. The van der Waals surface area contributed by atoms with E-state index in [4.69, 9.17) is 5.11 Å². The van der Waals surface area contributed by atoms with E-state index in [0.29, 0.717) is 6.04 Å². The number of hydrogen-bond donors (Lipinski definition) is 3. The fraction of sp³-hybridized carbons (Fsp3) is 1.00. The molecule has 0 aromatic carbocycles. The highest BCUT2D eigenvalue weighted by Crippen LogP contribution is 2.26. The molecular formula is C11H22N2O. The van der Waals surface area contributed by atoms with Gasteiger partial charge in [-0.2, -0.15) is 0 Å². The molecule has 3 N–H and O–H groups in total. The molecule has 2 aliphatic rings. The van der Waals surface area contributed by atoms with Crippen LogP contribution < -0.4 is 10.6 Å². The van der Waals surface area contributed by atoms with Crippen molar-refractivity contribution in [3.63, 3.8) is 0 Å². The Morgan fingerprint density at radius 2 is 2.00 bits per heavy atom. The Hall–Kier alpha value is -0.120. The van der Waals surface area contributed by atoms with Crippen molar-refractivity contribution in [3.05, 3.63) is 0 Å². The van der Waals surface area contributed by atoms with Gasteiger partial charge < -0.3 is 15.7 Å². The van der Waals surface area contributed by atoms with Crippen molar-refractivity contribution >= 4 is 0 Å². The first-order valence-corrected chi connectivity index (χ1v) is 5.91. The molecule has 3 unspecified atom stereocenters. The van der Waals surface area contributed by atoms with Crippen LogP contribution in [0.15, 0.2) is 0 Å². The van der Waals surface area contributed by atoms with Gasteiger partial charge in [0, 0.05) is 18.1 Å². The molecule has 2 bridgehead atoms. The molecule has 2 heterocycles. The highest BCUT2D eigenvalue weighted by Gasteiger charge is 2.32. The molecule has 0 aromatic rings. The normalized spacial score (nSPS) is 38.6. The molecule has 2 aliphatic heterocycles. The van der Waals surface area contributed by atoms with Gasteiger partial charge in [0.2, 0.25) is 0 Å². The van der Waals surface area contributed by atoms with Crippen LogP contribution >= 0.6 is 0 Å². The highest BCUT2D eigenvalue weighted by molar-refractivity contribution is 4.94. The number of fused-ring (bicyclic) bond motifs is 2. The predicted molar refractivity (Wildman–Crippen MR) is 57.3 cm³/mol. The van der Waals surface area contributed by atoms with Crippen LogP contribution in [-0.2, 0) is 0 Å². The van der Waals surface area contributed by atoms with Gasteiger partial charge in [-0.05, 0) is 45.6 Å². The van der Waals surface area contributed by atoms with Gasteiger partial charge in [0.1, 0.15) is 0 Å². The molecule has 0 spiro atoms. The topological polar surface area (TPSA) is 44.3 Å². The average molecular weight is 198 g/mol. The zero-order valence-corrected chi connectivity index (χ0v) is 9.00. The summed E-state index contributed by atoms with van der Waals surface area (Å²) < 4.78 is 0. The third kappa shape index (κ3) is 2.69. The monoisotopic (exact) mass is 198 g/mol. The van der Waals surface area contributed by atoms with Gasteiger partial charge in [-0.15, -0.1) is 0 Å². The number of piperidine rings is 1. The Balaban J connectivity index is 1.67. The fourth-order valence-electron chi connectivity index (χ4n) is 2.72. The number of aliphatic hydroxyl groups is 1. The molecule has 0 saturated carbocycles. The molecule has 0 aliphatic carbocycles. The minimum Gasteiger partial charge on any atom is -0.393 e. The van der Waals surface area contributed by atoms with Crippen LogP contribution in [-0.4, -0.2) is 35.9 Å². The van der Waals surface area contributed by atoms with Crippen molar-refractivity contribution in [1.29, 1.82) is 0 Å². The Morgan fingerprint density at radius 1 is 1.36 bits per heavy atom. The zero-order chi connectivity index (χ0) is 9.97. The second-order valence-electron chi connectivity index (χ2n) is 4.90. The standard InChI is InChI=1S/C11H22N2O/c1-8(14)4-5-12-11-6-9-2-3-10(7-11)13-9/h8-14H,2-7H2,1H3. The highest BCUT2D eigenvalue weighted by atomic mass is 16.3. The minimum atomic E-state index is -0.166. The summed E-state index contributed by atoms with van der Waals surface area (Å²) in [5.74, 6) is 0. The van der Waals surface area contributed by atoms with E-state index in [2.05, 4.69) is 10.6 Å². The summed E-state index contributed by atoms with van der Waals surface area (Å²) in [7, 11) is 0. The Bertz CT molecular complexity index is 172. The summed E-state index contributed by atoms with van der Waals surface area (Å²) in [4.78, 5) is 0. The molecule has 2 fully saturated rings. The van der Waals surface area contributed by atoms with Crippen LogP contribution in [0.2, 0.25) is 0 Å². The van der Waals surface area contributed by atoms with Crippen LogP contribution in [0, 0.1) is 0 Å². The molecule has 14 heavy (non-hydrogen) atoms. The first-order chi connectivity index (χ1) is 6.74. The minimum absolute atomic E-state index is 0.166. The van der Waals surface area contributed by atoms with Gasteiger partial charge >= 0.3 is 0 Å². The van der Waals surface area contributed by atoms with E-state index in [9.17, 15) is 0 Å². The first kappa shape index (κ1) is 10.4. The molecule has 2 saturated heterocycles. The van der Waals surface area contributed by atoms with Gasteiger partial charge in [-0.3, -0.25) is 0 Å². The summed E-state index contributed by atoms with van der Waals surface area (Å²) in [6, 6.07) is 2.21. The lowest BCUT2D eigenvalue weighted by Gasteiger charge is -2.30. The second kappa shape index (κ2) is 4.60. The van der Waals surface area contributed by atoms with E-state index in [1.165, 1.54) is 25.7 Å². The molecule has 3 atom stereocenters. The van der Waals surface area contributed by atoms with Crippen molar-refractivity contribution in [3.8, 4) is 0 Å². The van der Waals surface area contributed by atoms with Crippen LogP contribution in [0.4, 0.5) is 0 Å². The van der Waals surface area contributed by atoms with E-state index >= 15 is 0 Å². The van der Waals surface area contributed by atoms with Crippen LogP contribution in [0.3, 0.4) is 0 Å². The number of nitrogens with one attached hydrogen (secondary N) is 2. The third-order valence-electron chi connectivity index (χ3n) is 3.47. The maximum Gasteiger partial charge on any atom is 0.0524 e. The lowest BCUT2D eigenvalue weighted by Crippen LogP contribution is -2.46. The fourth-order valence-corrected chi connectivity index (χ4v) is 2.72. The van der Waals surface area contributed by atoms with E-state index in [1.54, 1.807) is 0 Å². The van der Waals surface area contributed by atoms with Crippen LogP contribution in [0.5, 0.6) is 0 Å². The molecule has 0 radical (unpaired) electrons. The second-order valence-corrected chi connectivity index (χ2v) is 4.90. The van der Waals surface area contributed by atoms with Crippen molar-refractivity contribution in [1.82, 2.24) is 10.6 Å². The molecule has 0 amide bonds. The summed E-state index contributed by atoms with van der Waals surface area (Å²) >= 11 is 0. The van der Waals surface area contributed by atoms with Gasteiger partial charge in [-0.1, -0.05) is 0 Å². The summed E-state index contributed by atoms with van der Waals surface area (Å²) in [6.07, 6.45) is 5.98. The van der Waals surface area contributed by atoms with E-state index in [-0.39, 0.29) is 6.10 Å². The quantitative estimate of drug-likeness (QED) is 0.621. The van der Waals surface area contributed by atoms with Crippen LogP contribution in [0.1, 0.15) is 39.0 Å². The van der Waals surface area contributed by atoms with Gasteiger partial charge in [-0.25, -0.2) is 0 Å². The van der Waals surface area contributed by atoms with Crippen LogP contribution in [0.25, 0.3) is 0 Å². The largest absolute Gasteiger partial charge is 0.393 e. The van der Waals surface area contributed by atoms with Gasteiger partial charge in [0.15, 0.2) is 0 Å². The number of hydrogen-bond acceptors (Lipinski definition) is 3. The maximum atomic E-state index is 9.15. The summed E-state index contributed by atoms with van der Waals surface area (Å²) in [6.45, 7) is 2.82.